The van der Waals surface area contributed by atoms with E-state index in [4.69, 9.17) is 16.3 Å². The molecule has 34 heavy (non-hydrogen) atoms. The van der Waals surface area contributed by atoms with Gasteiger partial charge in [0.15, 0.2) is 6.61 Å². The Morgan fingerprint density at radius 3 is 3.03 bits per heavy atom. The number of aliphatic imine (C=N–C) groups is 1. The summed E-state index contributed by atoms with van der Waals surface area (Å²) >= 11 is 1.58. The lowest BCUT2D eigenvalue weighted by Crippen LogP contribution is -2.28. The SMILES string of the molecule is C#CCOC(=O)NC1=CC=C(n2nc(/C(C=NC)=C/C=C)c3c2-c2sc(C)nc2CC3)C(F)C1. The van der Waals surface area contributed by atoms with Crippen molar-refractivity contribution in [2.24, 2.45) is 4.99 Å². The Morgan fingerprint density at radius 1 is 1.50 bits per heavy atom. The third kappa shape index (κ3) is 4.50. The van der Waals surface area contributed by atoms with Gasteiger partial charge in [-0.3, -0.25) is 10.3 Å². The van der Waals surface area contributed by atoms with Crippen molar-refractivity contribution < 1.29 is 13.9 Å². The summed E-state index contributed by atoms with van der Waals surface area (Å²) in [6.07, 6.45) is 13.1. The first kappa shape index (κ1) is 23.4. The number of nitrogens with one attached hydrogen (secondary N) is 1. The Morgan fingerprint density at radius 2 is 2.32 bits per heavy atom. The Kier molecular flexibility index (Phi) is 6.89. The fourth-order valence-corrected chi connectivity index (χ4v) is 5.11. The number of fused-ring (bicyclic) bond motifs is 3. The quantitative estimate of drug-likeness (QED) is 0.377. The largest absolute Gasteiger partial charge is 0.436 e. The van der Waals surface area contributed by atoms with E-state index in [0.717, 1.165) is 50.9 Å². The summed E-state index contributed by atoms with van der Waals surface area (Å²) in [6.45, 7) is 5.62. The molecule has 4 rings (SSSR count). The molecule has 0 saturated heterocycles. The fourth-order valence-electron chi connectivity index (χ4n) is 4.08. The third-order valence-electron chi connectivity index (χ3n) is 5.42. The molecule has 0 saturated carbocycles. The van der Waals surface area contributed by atoms with E-state index in [0.29, 0.717) is 11.4 Å². The van der Waals surface area contributed by atoms with Gasteiger partial charge >= 0.3 is 6.09 Å². The predicted octanol–water partition coefficient (Wildman–Crippen LogP) is 4.51. The van der Waals surface area contributed by atoms with E-state index in [9.17, 15) is 4.79 Å². The summed E-state index contributed by atoms with van der Waals surface area (Å²) in [6, 6.07) is 0. The Bertz CT molecular complexity index is 1310. The van der Waals surface area contributed by atoms with Crippen LogP contribution in [0, 0.1) is 19.3 Å². The maximum absolute atomic E-state index is 15.5. The molecule has 9 heteroatoms. The number of rotatable bonds is 6. The van der Waals surface area contributed by atoms with Gasteiger partial charge < -0.3 is 4.74 Å². The number of aryl methyl sites for hydroxylation is 2. The maximum Gasteiger partial charge on any atom is 0.412 e. The van der Waals surface area contributed by atoms with Gasteiger partial charge in [-0.15, -0.1) is 17.8 Å². The molecule has 2 aromatic rings. The number of carbonyl (C=O) groups excluding carboxylic acids is 1. The average Bonchev–Trinajstić information content (AvgIpc) is 3.37. The fraction of sp³-hybridized carbons (Fsp3) is 0.280. The summed E-state index contributed by atoms with van der Waals surface area (Å²) in [4.78, 5) is 21.6. The van der Waals surface area contributed by atoms with Gasteiger partial charge in [-0.25, -0.2) is 18.9 Å². The number of alkyl carbamates (subject to hydrolysis) is 1. The Hall–Kier alpha value is -3.77. The number of terminal acetylenes is 1. The minimum Gasteiger partial charge on any atom is -0.436 e. The van der Waals surface area contributed by atoms with Crippen LogP contribution in [0.25, 0.3) is 21.8 Å². The highest BCUT2D eigenvalue weighted by Crippen LogP contribution is 2.42. The number of carbonyl (C=O) groups is 1. The van der Waals surface area contributed by atoms with E-state index in [1.807, 2.05) is 13.0 Å². The normalized spacial score (nSPS) is 17.4. The molecule has 0 aromatic carbocycles. The zero-order chi connectivity index (χ0) is 24.2. The Balaban J connectivity index is 1.81. The number of hydrogen-bond acceptors (Lipinski definition) is 6. The van der Waals surface area contributed by atoms with Crippen molar-refractivity contribution in [2.45, 2.75) is 32.4 Å². The minimum atomic E-state index is -1.39. The van der Waals surface area contributed by atoms with Gasteiger partial charge in [-0.2, -0.15) is 5.10 Å². The molecule has 0 fully saturated rings. The number of aromatic nitrogens is 3. The molecule has 2 aliphatic rings. The highest BCUT2D eigenvalue weighted by atomic mass is 32.1. The summed E-state index contributed by atoms with van der Waals surface area (Å²) in [5.74, 6) is 2.22. The zero-order valence-corrected chi connectivity index (χ0v) is 19.8. The molecule has 1 atom stereocenters. The van der Waals surface area contributed by atoms with Crippen molar-refractivity contribution in [1.82, 2.24) is 20.1 Å². The first-order valence-corrected chi connectivity index (χ1v) is 11.5. The van der Waals surface area contributed by atoms with Crippen LogP contribution in [-0.4, -0.2) is 46.9 Å². The van der Waals surface area contributed by atoms with Gasteiger partial charge in [0.2, 0.25) is 0 Å². The van der Waals surface area contributed by atoms with E-state index < -0.39 is 12.3 Å². The number of halogens is 1. The third-order valence-corrected chi connectivity index (χ3v) is 6.44. The van der Waals surface area contributed by atoms with E-state index in [2.05, 4.69) is 27.8 Å². The highest BCUT2D eigenvalue weighted by molar-refractivity contribution is 7.15. The van der Waals surface area contributed by atoms with Gasteiger partial charge in [-0.05, 0) is 31.9 Å². The molecule has 1 N–H and O–H groups in total. The summed E-state index contributed by atoms with van der Waals surface area (Å²) in [7, 11) is 1.69. The van der Waals surface area contributed by atoms with Gasteiger partial charge in [0.25, 0.3) is 0 Å². The highest BCUT2D eigenvalue weighted by Gasteiger charge is 2.32. The first-order chi connectivity index (χ1) is 16.5. The van der Waals surface area contributed by atoms with Crippen molar-refractivity contribution in [1.29, 1.82) is 0 Å². The number of allylic oxidation sites excluding steroid dienone is 7. The van der Waals surface area contributed by atoms with Crippen molar-refractivity contribution in [3.8, 4) is 22.9 Å². The monoisotopic (exact) mass is 477 g/mol. The second-order valence-corrected chi connectivity index (χ2v) is 8.90. The smallest absolute Gasteiger partial charge is 0.412 e. The molecule has 2 aromatic heterocycles. The van der Waals surface area contributed by atoms with Crippen LogP contribution in [0.15, 0.2) is 41.6 Å². The predicted molar refractivity (Wildman–Crippen MR) is 133 cm³/mol. The number of ether oxygens (including phenoxy) is 1. The van der Waals surface area contributed by atoms with E-state index in [1.165, 1.54) is 0 Å². The molecular formula is C25H24FN5O2S. The second-order valence-electron chi connectivity index (χ2n) is 7.70. The van der Waals surface area contributed by atoms with Crippen LogP contribution in [0.4, 0.5) is 9.18 Å². The van der Waals surface area contributed by atoms with Crippen LogP contribution < -0.4 is 5.32 Å². The Labute approximate surface area is 201 Å². The topological polar surface area (TPSA) is 81.4 Å². The van der Waals surface area contributed by atoms with Crippen LogP contribution in [0.3, 0.4) is 0 Å². The number of amides is 1. The summed E-state index contributed by atoms with van der Waals surface area (Å²) in [5, 5.41) is 8.35. The molecule has 174 valence electrons. The molecule has 1 unspecified atom stereocenters. The standard InChI is InChI=1S/C25H24FN5O2S/c1-5-7-16(14-27-4)22-18-9-10-20-24(34-15(3)28-20)23(18)31(30-22)21-11-8-17(13-19(21)26)29-25(32)33-12-6-2/h2,5,7-8,11,14,19H,1,9-10,12-13H2,3-4H3,(H,29,32)/b16-7+,27-14?. The lowest BCUT2D eigenvalue weighted by atomic mass is 9.94. The van der Waals surface area contributed by atoms with Crippen LogP contribution in [0.2, 0.25) is 0 Å². The number of hydrogen-bond donors (Lipinski definition) is 1. The number of thiazole rings is 1. The van der Waals surface area contributed by atoms with Gasteiger partial charge in [0.1, 0.15) is 6.17 Å². The van der Waals surface area contributed by atoms with Crippen LogP contribution in [0.1, 0.15) is 28.4 Å². The molecule has 0 radical (unpaired) electrons. The number of alkyl halides is 1. The molecule has 2 heterocycles. The van der Waals surface area contributed by atoms with E-state index >= 15 is 4.39 Å². The van der Waals surface area contributed by atoms with Crippen LogP contribution in [-0.2, 0) is 17.6 Å². The average molecular weight is 478 g/mol. The van der Waals surface area contributed by atoms with Crippen molar-refractivity contribution >= 4 is 34.9 Å². The summed E-state index contributed by atoms with van der Waals surface area (Å²) < 4.78 is 22.0. The lowest BCUT2D eigenvalue weighted by molar-refractivity contribution is 0.162. The van der Waals surface area contributed by atoms with Crippen molar-refractivity contribution in [2.75, 3.05) is 13.7 Å². The molecule has 0 aliphatic heterocycles. The molecule has 0 bridgehead atoms. The van der Waals surface area contributed by atoms with Crippen molar-refractivity contribution in [3.05, 3.63) is 58.5 Å². The minimum absolute atomic E-state index is 0.0265. The maximum atomic E-state index is 15.5. The number of nitrogens with zero attached hydrogens (tertiary/aromatic N) is 4. The second kappa shape index (κ2) is 10.0. The van der Waals surface area contributed by atoms with Gasteiger partial charge in [-0.1, -0.05) is 24.7 Å². The first-order valence-electron chi connectivity index (χ1n) is 10.7. The van der Waals surface area contributed by atoms with E-state index in [1.54, 1.807) is 47.5 Å². The van der Waals surface area contributed by atoms with E-state index in [-0.39, 0.29) is 13.0 Å². The molecule has 7 nitrogen and oxygen atoms in total. The molecular weight excluding hydrogens is 453 g/mol. The van der Waals surface area contributed by atoms with Gasteiger partial charge in [0.05, 0.1) is 32.7 Å². The zero-order valence-electron chi connectivity index (χ0n) is 19.0. The van der Waals surface area contributed by atoms with Crippen molar-refractivity contribution in [3.63, 3.8) is 0 Å². The molecule has 1 amide bonds. The molecule has 0 spiro atoms. The lowest BCUT2D eigenvalue weighted by Gasteiger charge is -2.22. The molecule has 2 aliphatic carbocycles. The van der Waals surface area contributed by atoms with Gasteiger partial charge in [0, 0.05) is 36.5 Å². The van der Waals surface area contributed by atoms with Crippen LogP contribution in [0.5, 0.6) is 0 Å². The van der Waals surface area contributed by atoms with Crippen LogP contribution >= 0.6 is 11.3 Å². The summed E-state index contributed by atoms with van der Waals surface area (Å²) in [5.41, 5.74) is 5.22.